The fourth-order valence-corrected chi connectivity index (χ4v) is 2.31. The summed E-state index contributed by atoms with van der Waals surface area (Å²) in [5.41, 5.74) is 0.767. The molecule has 0 aliphatic carbocycles. The zero-order valence-electron chi connectivity index (χ0n) is 11.9. The van der Waals surface area contributed by atoms with Gasteiger partial charge in [-0.1, -0.05) is 26.0 Å². The molecule has 0 saturated heterocycles. The quantitative estimate of drug-likeness (QED) is 0.723. The lowest BCUT2D eigenvalue weighted by Gasteiger charge is -2.07. The summed E-state index contributed by atoms with van der Waals surface area (Å²) in [5.74, 6) is 0.168. The number of amides is 1. The largest absolute Gasteiger partial charge is 0.481 e. The molecule has 2 N–H and O–H groups in total. The van der Waals surface area contributed by atoms with Crippen molar-refractivity contribution in [3.8, 4) is 0 Å². The molecule has 1 aromatic carbocycles. The SMILES string of the molecule is CC(C)CCNC(=O)CSc1ccc(CC(=O)O)cc1. The first kappa shape index (κ1) is 16.6. The van der Waals surface area contributed by atoms with E-state index in [4.69, 9.17) is 5.11 Å². The Balaban J connectivity index is 2.30. The molecule has 5 heteroatoms. The fourth-order valence-electron chi connectivity index (χ4n) is 1.58. The number of carboxylic acid groups (broad SMARTS) is 1. The van der Waals surface area contributed by atoms with Crippen LogP contribution in [-0.2, 0) is 16.0 Å². The molecule has 0 aliphatic rings. The van der Waals surface area contributed by atoms with E-state index in [0.717, 1.165) is 16.9 Å². The van der Waals surface area contributed by atoms with Crippen molar-refractivity contribution in [3.63, 3.8) is 0 Å². The van der Waals surface area contributed by atoms with Crippen LogP contribution in [0.2, 0.25) is 0 Å². The molecule has 1 amide bonds. The van der Waals surface area contributed by atoms with Gasteiger partial charge in [-0.05, 0) is 30.0 Å². The van der Waals surface area contributed by atoms with Crippen LogP contribution >= 0.6 is 11.8 Å². The standard InChI is InChI=1S/C15H21NO3S/c1-11(2)7-8-16-14(17)10-20-13-5-3-12(4-6-13)9-15(18)19/h3-6,11H,7-10H2,1-2H3,(H,16,17)(H,18,19). The first-order chi connectivity index (χ1) is 9.47. The molecule has 0 bridgehead atoms. The number of carbonyl (C=O) groups is 2. The van der Waals surface area contributed by atoms with Crippen molar-refractivity contribution in [2.75, 3.05) is 12.3 Å². The minimum atomic E-state index is -0.838. The van der Waals surface area contributed by atoms with E-state index in [2.05, 4.69) is 19.2 Å². The Morgan fingerprint density at radius 2 is 1.90 bits per heavy atom. The van der Waals surface area contributed by atoms with Crippen molar-refractivity contribution in [2.24, 2.45) is 5.92 Å². The van der Waals surface area contributed by atoms with Crippen LogP contribution in [0.4, 0.5) is 0 Å². The maximum atomic E-state index is 11.6. The van der Waals surface area contributed by atoms with E-state index in [0.29, 0.717) is 18.2 Å². The second kappa shape index (κ2) is 8.64. The highest BCUT2D eigenvalue weighted by Gasteiger charge is 2.04. The molecule has 0 saturated carbocycles. The lowest BCUT2D eigenvalue weighted by atomic mass is 10.1. The van der Waals surface area contributed by atoms with Crippen LogP contribution in [0.25, 0.3) is 0 Å². The minimum Gasteiger partial charge on any atom is -0.481 e. The number of nitrogens with one attached hydrogen (secondary N) is 1. The molecule has 20 heavy (non-hydrogen) atoms. The molecule has 1 rings (SSSR count). The molecule has 0 aromatic heterocycles. The van der Waals surface area contributed by atoms with Gasteiger partial charge in [-0.15, -0.1) is 11.8 Å². The Morgan fingerprint density at radius 1 is 1.25 bits per heavy atom. The molecule has 110 valence electrons. The lowest BCUT2D eigenvalue weighted by Crippen LogP contribution is -2.26. The zero-order valence-corrected chi connectivity index (χ0v) is 12.7. The van der Waals surface area contributed by atoms with Gasteiger partial charge in [0.15, 0.2) is 0 Å². The van der Waals surface area contributed by atoms with Gasteiger partial charge < -0.3 is 10.4 Å². The molecule has 0 fully saturated rings. The highest BCUT2D eigenvalue weighted by Crippen LogP contribution is 2.18. The minimum absolute atomic E-state index is 0.0284. The maximum Gasteiger partial charge on any atom is 0.307 e. The number of thioether (sulfide) groups is 1. The number of rotatable bonds is 8. The van der Waals surface area contributed by atoms with Crippen molar-refractivity contribution in [3.05, 3.63) is 29.8 Å². The van der Waals surface area contributed by atoms with Gasteiger partial charge in [-0.2, -0.15) is 0 Å². The highest BCUT2D eigenvalue weighted by atomic mass is 32.2. The van der Waals surface area contributed by atoms with E-state index in [-0.39, 0.29) is 12.3 Å². The third kappa shape index (κ3) is 7.19. The Kier molecular flexibility index (Phi) is 7.15. The van der Waals surface area contributed by atoms with Crippen molar-refractivity contribution in [1.29, 1.82) is 0 Å². The van der Waals surface area contributed by atoms with Crippen LogP contribution in [0, 0.1) is 5.92 Å². The van der Waals surface area contributed by atoms with Crippen LogP contribution in [0.5, 0.6) is 0 Å². The number of hydrogen-bond acceptors (Lipinski definition) is 3. The predicted octanol–water partition coefficient (Wildman–Crippen LogP) is 2.57. The predicted molar refractivity (Wildman–Crippen MR) is 81.0 cm³/mol. The Labute approximate surface area is 124 Å². The Bertz CT molecular complexity index is 443. The van der Waals surface area contributed by atoms with Crippen molar-refractivity contribution >= 4 is 23.6 Å². The highest BCUT2D eigenvalue weighted by molar-refractivity contribution is 8.00. The molecule has 0 heterocycles. The summed E-state index contributed by atoms with van der Waals surface area (Å²) in [6.45, 7) is 4.97. The summed E-state index contributed by atoms with van der Waals surface area (Å²) in [7, 11) is 0. The Morgan fingerprint density at radius 3 is 2.45 bits per heavy atom. The van der Waals surface area contributed by atoms with Gasteiger partial charge in [-0.3, -0.25) is 9.59 Å². The molecular formula is C15H21NO3S. The average Bonchev–Trinajstić information content (AvgIpc) is 2.37. The number of carboxylic acids is 1. The zero-order chi connectivity index (χ0) is 15.0. The van der Waals surface area contributed by atoms with Crippen LogP contribution in [0.1, 0.15) is 25.8 Å². The summed E-state index contributed by atoms with van der Waals surface area (Å²) >= 11 is 1.46. The molecular weight excluding hydrogens is 274 g/mol. The van der Waals surface area contributed by atoms with E-state index in [9.17, 15) is 9.59 Å². The lowest BCUT2D eigenvalue weighted by molar-refractivity contribution is -0.136. The van der Waals surface area contributed by atoms with Gasteiger partial charge >= 0.3 is 5.97 Å². The number of carbonyl (C=O) groups excluding carboxylic acids is 1. The average molecular weight is 295 g/mol. The van der Waals surface area contributed by atoms with Crippen LogP contribution in [-0.4, -0.2) is 29.3 Å². The molecule has 0 unspecified atom stereocenters. The van der Waals surface area contributed by atoms with E-state index in [1.54, 1.807) is 12.1 Å². The number of hydrogen-bond donors (Lipinski definition) is 2. The molecule has 0 radical (unpaired) electrons. The van der Waals surface area contributed by atoms with Gasteiger partial charge in [0, 0.05) is 11.4 Å². The number of aliphatic carboxylic acids is 1. The molecule has 0 atom stereocenters. The fraction of sp³-hybridized carbons (Fsp3) is 0.467. The van der Waals surface area contributed by atoms with Crippen LogP contribution in [0.3, 0.4) is 0 Å². The van der Waals surface area contributed by atoms with Gasteiger partial charge in [-0.25, -0.2) is 0 Å². The van der Waals surface area contributed by atoms with Gasteiger partial charge in [0.1, 0.15) is 0 Å². The van der Waals surface area contributed by atoms with Gasteiger partial charge in [0.05, 0.1) is 12.2 Å². The third-order valence-electron chi connectivity index (χ3n) is 2.69. The first-order valence-corrected chi connectivity index (χ1v) is 7.66. The smallest absolute Gasteiger partial charge is 0.307 e. The molecule has 4 nitrogen and oxygen atoms in total. The van der Waals surface area contributed by atoms with Gasteiger partial charge in [0.25, 0.3) is 0 Å². The first-order valence-electron chi connectivity index (χ1n) is 6.67. The monoisotopic (exact) mass is 295 g/mol. The normalized spacial score (nSPS) is 10.6. The van der Waals surface area contributed by atoms with Crippen molar-refractivity contribution < 1.29 is 14.7 Å². The van der Waals surface area contributed by atoms with E-state index in [1.165, 1.54) is 11.8 Å². The third-order valence-corrected chi connectivity index (χ3v) is 3.70. The summed E-state index contributed by atoms with van der Waals surface area (Å²) in [5, 5.41) is 11.6. The van der Waals surface area contributed by atoms with Crippen LogP contribution < -0.4 is 5.32 Å². The molecule has 0 spiro atoms. The van der Waals surface area contributed by atoms with E-state index < -0.39 is 5.97 Å². The van der Waals surface area contributed by atoms with Crippen molar-refractivity contribution in [2.45, 2.75) is 31.6 Å². The summed E-state index contributed by atoms with van der Waals surface area (Å²) in [4.78, 5) is 23.1. The Hall–Kier alpha value is -1.49. The molecule has 0 aliphatic heterocycles. The van der Waals surface area contributed by atoms with Crippen LogP contribution in [0.15, 0.2) is 29.2 Å². The maximum absolute atomic E-state index is 11.6. The van der Waals surface area contributed by atoms with Crippen molar-refractivity contribution in [1.82, 2.24) is 5.32 Å². The second-order valence-corrected chi connectivity index (χ2v) is 6.08. The summed E-state index contributed by atoms with van der Waals surface area (Å²) < 4.78 is 0. The summed E-state index contributed by atoms with van der Waals surface area (Å²) in [6, 6.07) is 7.27. The van der Waals surface area contributed by atoms with E-state index >= 15 is 0 Å². The van der Waals surface area contributed by atoms with E-state index in [1.807, 2.05) is 12.1 Å². The van der Waals surface area contributed by atoms with Gasteiger partial charge in [0.2, 0.25) is 5.91 Å². The summed E-state index contributed by atoms with van der Waals surface area (Å²) in [6.07, 6.45) is 1.01. The number of benzene rings is 1. The molecule has 1 aromatic rings. The second-order valence-electron chi connectivity index (χ2n) is 5.04. The topological polar surface area (TPSA) is 66.4 Å².